The zero-order valence-electron chi connectivity index (χ0n) is 11.3. The Bertz CT molecular complexity index is 487. The number of halogens is 3. The lowest BCUT2D eigenvalue weighted by atomic mass is 10.2. The molecule has 1 aromatic carbocycles. The summed E-state index contributed by atoms with van der Waals surface area (Å²) in [5, 5.41) is 9.08. The van der Waals surface area contributed by atoms with Crippen LogP contribution in [0.2, 0.25) is 0 Å². The normalized spacial score (nSPS) is 19.7. The van der Waals surface area contributed by atoms with Crippen molar-refractivity contribution in [2.75, 3.05) is 13.2 Å². The number of rotatable bonds is 5. The molecule has 2 rings (SSSR count). The van der Waals surface area contributed by atoms with Crippen LogP contribution >= 0.6 is 0 Å². The van der Waals surface area contributed by atoms with Gasteiger partial charge in [0.05, 0.1) is 0 Å². The second-order valence-electron chi connectivity index (χ2n) is 5.01. The summed E-state index contributed by atoms with van der Waals surface area (Å²) in [6, 6.07) is 5.76. The first-order chi connectivity index (χ1) is 9.85. The van der Waals surface area contributed by atoms with Crippen molar-refractivity contribution in [2.45, 2.75) is 31.6 Å². The Hall–Kier alpha value is -1.76. The van der Waals surface area contributed by atoms with Gasteiger partial charge in [0.1, 0.15) is 11.8 Å². The van der Waals surface area contributed by atoms with Crippen molar-refractivity contribution in [3.8, 4) is 5.75 Å². The summed E-state index contributed by atoms with van der Waals surface area (Å²) in [6.45, 7) is -0.140. The van der Waals surface area contributed by atoms with E-state index in [9.17, 15) is 18.0 Å². The molecule has 21 heavy (non-hydrogen) atoms. The lowest BCUT2D eigenvalue weighted by molar-refractivity contribution is -0.153. The number of carboxylic acid groups (broad SMARTS) is 1. The van der Waals surface area contributed by atoms with Gasteiger partial charge < -0.3 is 9.84 Å². The van der Waals surface area contributed by atoms with E-state index in [2.05, 4.69) is 4.74 Å². The summed E-state index contributed by atoms with van der Waals surface area (Å²) in [5.41, 5.74) is 0.850. The molecule has 0 bridgehead atoms. The van der Waals surface area contributed by atoms with Crippen molar-refractivity contribution >= 4 is 5.97 Å². The Kier molecular flexibility index (Phi) is 4.72. The third-order valence-corrected chi connectivity index (χ3v) is 3.36. The maximum Gasteiger partial charge on any atom is 0.422 e. The zero-order chi connectivity index (χ0) is 15.5. The van der Waals surface area contributed by atoms with Crippen LogP contribution in [0.3, 0.4) is 0 Å². The van der Waals surface area contributed by atoms with Gasteiger partial charge in [0.2, 0.25) is 0 Å². The van der Waals surface area contributed by atoms with Crippen molar-refractivity contribution in [3.63, 3.8) is 0 Å². The van der Waals surface area contributed by atoms with Crippen molar-refractivity contribution in [1.29, 1.82) is 0 Å². The maximum atomic E-state index is 12.0. The lowest BCUT2D eigenvalue weighted by Gasteiger charge is -2.21. The average Bonchev–Trinajstić information content (AvgIpc) is 2.85. The van der Waals surface area contributed by atoms with Gasteiger partial charge in [-0.05, 0) is 37.1 Å². The number of aliphatic carboxylic acids is 1. The van der Waals surface area contributed by atoms with Crippen LogP contribution in [0.1, 0.15) is 18.4 Å². The molecule has 0 aliphatic carbocycles. The largest absolute Gasteiger partial charge is 0.484 e. The highest BCUT2D eigenvalue weighted by atomic mass is 19.4. The summed E-state index contributed by atoms with van der Waals surface area (Å²) >= 11 is 0. The average molecular weight is 303 g/mol. The van der Waals surface area contributed by atoms with E-state index in [0.717, 1.165) is 12.0 Å². The van der Waals surface area contributed by atoms with E-state index in [-0.39, 0.29) is 5.75 Å². The molecule has 1 aliphatic rings. The topological polar surface area (TPSA) is 49.8 Å². The standard InChI is InChI=1S/C14H16F3NO3/c15-14(16,17)9-21-11-5-3-10(4-6-11)8-18-7-1-2-12(18)13(19)20/h3-6,12H,1-2,7-9H2,(H,19,20)/t12-/m1/s1. The van der Waals surface area contributed by atoms with E-state index in [0.29, 0.717) is 19.5 Å². The van der Waals surface area contributed by atoms with Crippen LogP contribution in [0.15, 0.2) is 24.3 Å². The van der Waals surface area contributed by atoms with Crippen molar-refractivity contribution < 1.29 is 27.8 Å². The maximum absolute atomic E-state index is 12.0. The van der Waals surface area contributed by atoms with Crippen molar-refractivity contribution in [2.24, 2.45) is 0 Å². The van der Waals surface area contributed by atoms with Gasteiger partial charge in [0, 0.05) is 6.54 Å². The molecular formula is C14H16F3NO3. The van der Waals surface area contributed by atoms with Crippen LogP contribution in [0.25, 0.3) is 0 Å². The number of likely N-dealkylation sites (tertiary alicyclic amines) is 1. The van der Waals surface area contributed by atoms with Crippen LogP contribution < -0.4 is 4.74 Å². The molecule has 0 saturated carbocycles. The molecule has 0 spiro atoms. The molecule has 1 aromatic rings. The predicted octanol–water partition coefficient (Wildman–Crippen LogP) is 2.68. The molecule has 0 aromatic heterocycles. The third-order valence-electron chi connectivity index (χ3n) is 3.36. The molecule has 1 N–H and O–H groups in total. The first kappa shape index (κ1) is 15.6. The van der Waals surface area contributed by atoms with Crippen molar-refractivity contribution in [3.05, 3.63) is 29.8 Å². The Balaban J connectivity index is 1.92. The Morgan fingerprint density at radius 3 is 2.57 bits per heavy atom. The Labute approximate surface area is 120 Å². The second kappa shape index (κ2) is 6.34. The molecule has 116 valence electrons. The van der Waals surface area contributed by atoms with Gasteiger partial charge in [0.25, 0.3) is 0 Å². The minimum atomic E-state index is -4.36. The smallest absolute Gasteiger partial charge is 0.422 e. The molecule has 1 saturated heterocycles. The van der Waals surface area contributed by atoms with E-state index in [1.807, 2.05) is 4.90 Å². The van der Waals surface area contributed by atoms with E-state index < -0.39 is 24.8 Å². The third kappa shape index (κ3) is 4.63. The van der Waals surface area contributed by atoms with E-state index >= 15 is 0 Å². The number of carbonyl (C=O) groups is 1. The van der Waals surface area contributed by atoms with Gasteiger partial charge in [0.15, 0.2) is 6.61 Å². The van der Waals surface area contributed by atoms with Crippen LogP contribution in [-0.4, -0.2) is 41.3 Å². The molecule has 1 heterocycles. The molecule has 1 aliphatic heterocycles. The van der Waals surface area contributed by atoms with Gasteiger partial charge in [-0.25, -0.2) is 0 Å². The van der Waals surface area contributed by atoms with Gasteiger partial charge in [-0.2, -0.15) is 13.2 Å². The van der Waals surface area contributed by atoms with E-state index in [1.165, 1.54) is 12.1 Å². The number of hydrogen-bond donors (Lipinski definition) is 1. The fourth-order valence-corrected chi connectivity index (χ4v) is 2.39. The van der Waals surface area contributed by atoms with Crippen LogP contribution in [-0.2, 0) is 11.3 Å². The lowest BCUT2D eigenvalue weighted by Crippen LogP contribution is -2.35. The molecular weight excluding hydrogens is 287 g/mol. The molecule has 7 heteroatoms. The summed E-state index contributed by atoms with van der Waals surface area (Å²) in [4.78, 5) is 12.9. The van der Waals surface area contributed by atoms with Crippen LogP contribution in [0.5, 0.6) is 5.75 Å². The minimum absolute atomic E-state index is 0.146. The zero-order valence-corrected chi connectivity index (χ0v) is 11.3. The first-order valence-electron chi connectivity index (χ1n) is 6.60. The van der Waals surface area contributed by atoms with E-state index in [4.69, 9.17) is 5.11 Å². The number of nitrogens with zero attached hydrogens (tertiary/aromatic N) is 1. The quantitative estimate of drug-likeness (QED) is 0.908. The SMILES string of the molecule is O=C(O)[C@H]1CCCN1Cc1ccc(OCC(F)(F)F)cc1. The minimum Gasteiger partial charge on any atom is -0.484 e. The summed E-state index contributed by atoms with van der Waals surface area (Å²) in [5.74, 6) is -0.690. The molecule has 1 fully saturated rings. The number of hydrogen-bond acceptors (Lipinski definition) is 3. The van der Waals surface area contributed by atoms with Crippen LogP contribution in [0, 0.1) is 0 Å². The number of ether oxygens (including phenoxy) is 1. The first-order valence-corrected chi connectivity index (χ1v) is 6.60. The van der Waals surface area contributed by atoms with Gasteiger partial charge >= 0.3 is 12.1 Å². The molecule has 4 nitrogen and oxygen atoms in total. The van der Waals surface area contributed by atoms with Gasteiger partial charge in [-0.1, -0.05) is 12.1 Å². The summed E-state index contributed by atoms with van der Waals surface area (Å²) < 4.78 is 40.7. The molecule has 0 amide bonds. The predicted molar refractivity (Wildman–Crippen MR) is 69.1 cm³/mol. The number of alkyl halides is 3. The summed E-state index contributed by atoms with van der Waals surface area (Å²) in [6.07, 6.45) is -2.89. The molecule has 1 atom stereocenters. The number of benzene rings is 1. The molecule has 0 radical (unpaired) electrons. The van der Waals surface area contributed by atoms with Gasteiger partial charge in [-0.15, -0.1) is 0 Å². The highest BCUT2D eigenvalue weighted by molar-refractivity contribution is 5.73. The monoisotopic (exact) mass is 303 g/mol. The van der Waals surface area contributed by atoms with Crippen LogP contribution in [0.4, 0.5) is 13.2 Å². The number of carboxylic acids is 1. The highest BCUT2D eigenvalue weighted by Gasteiger charge is 2.30. The molecule has 0 unspecified atom stereocenters. The Morgan fingerprint density at radius 1 is 1.33 bits per heavy atom. The second-order valence-corrected chi connectivity index (χ2v) is 5.01. The summed E-state index contributed by atoms with van der Waals surface area (Å²) in [7, 11) is 0. The fourth-order valence-electron chi connectivity index (χ4n) is 2.39. The van der Waals surface area contributed by atoms with Gasteiger partial charge in [-0.3, -0.25) is 9.69 Å². The fraction of sp³-hybridized carbons (Fsp3) is 0.500. The highest BCUT2D eigenvalue weighted by Crippen LogP contribution is 2.22. The van der Waals surface area contributed by atoms with Crippen molar-refractivity contribution in [1.82, 2.24) is 4.90 Å². The Morgan fingerprint density at radius 2 is 2.00 bits per heavy atom. The van der Waals surface area contributed by atoms with E-state index in [1.54, 1.807) is 12.1 Å².